The predicted octanol–water partition coefficient (Wildman–Crippen LogP) is 2.68. The van der Waals surface area contributed by atoms with Crippen LogP contribution in [0.15, 0.2) is 30.6 Å². The Bertz CT molecular complexity index is 602. The van der Waals surface area contributed by atoms with Gasteiger partial charge in [0.05, 0.1) is 6.20 Å². The Morgan fingerprint density at radius 3 is 2.85 bits per heavy atom. The summed E-state index contributed by atoms with van der Waals surface area (Å²) in [5.74, 6) is 0.115. The molecule has 20 heavy (non-hydrogen) atoms. The van der Waals surface area contributed by atoms with Crippen LogP contribution in [0.4, 0.5) is 4.39 Å². The molecule has 0 unspecified atom stereocenters. The van der Waals surface area contributed by atoms with Crippen LogP contribution in [0.2, 0.25) is 5.15 Å². The number of hydrogen-bond donors (Lipinski definition) is 1. The van der Waals surface area contributed by atoms with E-state index in [1.54, 1.807) is 18.3 Å². The lowest BCUT2D eigenvalue weighted by Gasteiger charge is -2.27. The Hall–Kier alpha value is -1.72. The number of aromatic nitrogens is 2. The van der Waals surface area contributed by atoms with Gasteiger partial charge in [-0.2, -0.15) is 4.39 Å². The van der Waals surface area contributed by atoms with Crippen LogP contribution >= 0.6 is 11.6 Å². The molecule has 0 amide bonds. The molecule has 2 aromatic heterocycles. The molecular weight excluding hydrogens is 280 g/mol. The Balaban J connectivity index is 1.80. The Kier molecular flexibility index (Phi) is 3.80. The number of halogens is 2. The third-order valence-corrected chi connectivity index (χ3v) is 3.53. The van der Waals surface area contributed by atoms with E-state index in [1.807, 2.05) is 0 Å². The summed E-state index contributed by atoms with van der Waals surface area (Å²) in [5, 5.41) is 3.60. The molecule has 0 bridgehead atoms. The second kappa shape index (κ2) is 5.73. The van der Waals surface area contributed by atoms with Crippen molar-refractivity contribution >= 4 is 11.6 Å². The topological polar surface area (TPSA) is 47.0 Å². The summed E-state index contributed by atoms with van der Waals surface area (Å²) >= 11 is 6.07. The number of ether oxygens (including phenoxy) is 1. The van der Waals surface area contributed by atoms with E-state index < -0.39 is 5.95 Å². The second-order valence-corrected chi connectivity index (χ2v) is 4.99. The van der Waals surface area contributed by atoms with Gasteiger partial charge in [0.25, 0.3) is 0 Å². The van der Waals surface area contributed by atoms with Crippen molar-refractivity contribution < 1.29 is 9.13 Å². The molecule has 3 heterocycles. The Morgan fingerprint density at radius 1 is 1.35 bits per heavy atom. The molecule has 6 heteroatoms. The van der Waals surface area contributed by atoms with Crippen molar-refractivity contribution in [2.75, 3.05) is 13.2 Å². The molecule has 0 saturated carbocycles. The summed E-state index contributed by atoms with van der Waals surface area (Å²) in [4.78, 5) is 7.72. The van der Waals surface area contributed by atoms with Crippen LogP contribution in [0.1, 0.15) is 6.42 Å². The number of hydrogen-bond acceptors (Lipinski definition) is 4. The molecule has 1 fully saturated rings. The summed E-state index contributed by atoms with van der Waals surface area (Å²) in [6, 6.07) is 5.10. The lowest BCUT2D eigenvalue weighted by molar-refractivity contribution is 0.217. The molecule has 4 nitrogen and oxygen atoms in total. The van der Waals surface area contributed by atoms with Crippen LogP contribution in [0.3, 0.4) is 0 Å². The minimum Gasteiger partial charge on any atom is -0.490 e. The molecule has 2 aromatic rings. The third kappa shape index (κ3) is 2.89. The molecule has 1 N–H and O–H groups in total. The quantitative estimate of drug-likeness (QED) is 0.880. The predicted molar refractivity (Wildman–Crippen MR) is 74.3 cm³/mol. The number of rotatable bonds is 4. The molecule has 0 radical (unpaired) electrons. The average molecular weight is 293 g/mol. The first-order valence-electron chi connectivity index (χ1n) is 6.36. The lowest BCUT2D eigenvalue weighted by Crippen LogP contribution is -2.46. The van der Waals surface area contributed by atoms with Gasteiger partial charge in [0, 0.05) is 23.4 Å². The lowest BCUT2D eigenvalue weighted by atomic mass is 10.1. The van der Waals surface area contributed by atoms with Crippen LogP contribution in [0, 0.1) is 5.95 Å². The zero-order chi connectivity index (χ0) is 13.9. The van der Waals surface area contributed by atoms with Crippen LogP contribution in [-0.2, 0) is 0 Å². The van der Waals surface area contributed by atoms with E-state index in [4.69, 9.17) is 16.3 Å². The summed E-state index contributed by atoms with van der Waals surface area (Å²) in [7, 11) is 0. The molecule has 3 rings (SSSR count). The number of pyridine rings is 2. The molecule has 1 aliphatic rings. The molecule has 0 aromatic carbocycles. The SMILES string of the molecule is [18F]c1ccc(-c2cc(OC[C@@H]3CCN3)cnc2Cl)cn1. The minimum absolute atomic E-state index is 0.340. The van der Waals surface area contributed by atoms with Gasteiger partial charge in [-0.05, 0) is 31.2 Å². The maximum absolute atomic E-state index is 12.8. The van der Waals surface area contributed by atoms with Gasteiger partial charge in [0.1, 0.15) is 17.5 Å². The van der Waals surface area contributed by atoms with E-state index in [2.05, 4.69) is 15.3 Å². The Morgan fingerprint density at radius 2 is 2.20 bits per heavy atom. The fourth-order valence-electron chi connectivity index (χ4n) is 1.93. The summed E-state index contributed by atoms with van der Waals surface area (Å²) in [6.07, 6.45) is 4.13. The minimum atomic E-state index is -0.527. The first-order chi connectivity index (χ1) is 9.72. The monoisotopic (exact) mass is 292 g/mol. The molecule has 0 spiro atoms. The van der Waals surface area contributed by atoms with Crippen molar-refractivity contribution in [2.24, 2.45) is 0 Å². The normalized spacial score (nSPS) is 17.6. The highest BCUT2D eigenvalue weighted by atomic mass is 35.5. The van der Waals surface area contributed by atoms with Crippen LogP contribution in [0.25, 0.3) is 11.1 Å². The zero-order valence-corrected chi connectivity index (χ0v) is 11.4. The van der Waals surface area contributed by atoms with E-state index in [9.17, 15) is 4.39 Å². The van der Waals surface area contributed by atoms with E-state index in [0.29, 0.717) is 34.7 Å². The van der Waals surface area contributed by atoms with E-state index in [-0.39, 0.29) is 0 Å². The maximum atomic E-state index is 12.8. The third-order valence-electron chi connectivity index (χ3n) is 3.23. The van der Waals surface area contributed by atoms with Crippen molar-refractivity contribution in [1.82, 2.24) is 15.3 Å². The smallest absolute Gasteiger partial charge is 0.212 e. The highest BCUT2D eigenvalue weighted by Crippen LogP contribution is 2.29. The van der Waals surface area contributed by atoms with Crippen molar-refractivity contribution in [1.29, 1.82) is 0 Å². The van der Waals surface area contributed by atoms with Crippen molar-refractivity contribution in [2.45, 2.75) is 12.5 Å². The molecule has 0 aliphatic carbocycles. The van der Waals surface area contributed by atoms with Gasteiger partial charge in [0.2, 0.25) is 5.95 Å². The number of nitrogens with zero attached hydrogens (tertiary/aromatic N) is 2. The second-order valence-electron chi connectivity index (χ2n) is 4.63. The standard InChI is InChI=1S/C14H13ClFN3O/c15-14-12(9-1-2-13(16)18-6-9)5-11(7-19-14)20-8-10-3-4-17-10/h1-2,5-7,10,17H,3-4,8H2/t10-/m0/s1/i16-1. The van der Waals surface area contributed by atoms with Gasteiger partial charge in [-0.15, -0.1) is 0 Å². The Labute approximate surface area is 121 Å². The highest BCUT2D eigenvalue weighted by molar-refractivity contribution is 6.32. The van der Waals surface area contributed by atoms with Gasteiger partial charge in [-0.25, -0.2) is 9.97 Å². The molecule has 104 valence electrons. The van der Waals surface area contributed by atoms with Gasteiger partial charge in [0.15, 0.2) is 0 Å². The van der Waals surface area contributed by atoms with Crippen LogP contribution in [0.5, 0.6) is 5.75 Å². The molecule has 1 saturated heterocycles. The van der Waals surface area contributed by atoms with Gasteiger partial charge < -0.3 is 10.1 Å². The van der Waals surface area contributed by atoms with Crippen molar-refractivity contribution in [3.8, 4) is 16.9 Å². The first kappa shape index (κ1) is 13.3. The molecule has 1 atom stereocenters. The van der Waals surface area contributed by atoms with E-state index in [1.165, 1.54) is 12.3 Å². The van der Waals surface area contributed by atoms with Crippen molar-refractivity contribution in [3.05, 3.63) is 41.7 Å². The summed E-state index contributed by atoms with van der Waals surface area (Å²) < 4.78 is 18.5. The van der Waals surface area contributed by atoms with Crippen LogP contribution in [-0.4, -0.2) is 29.2 Å². The number of nitrogens with one attached hydrogen (secondary N) is 1. The highest BCUT2D eigenvalue weighted by Gasteiger charge is 2.17. The van der Waals surface area contributed by atoms with Gasteiger partial charge in [-0.1, -0.05) is 11.6 Å². The first-order valence-corrected chi connectivity index (χ1v) is 6.74. The fourth-order valence-corrected chi connectivity index (χ4v) is 2.15. The van der Waals surface area contributed by atoms with Gasteiger partial charge >= 0.3 is 0 Å². The summed E-state index contributed by atoms with van der Waals surface area (Å²) in [6.45, 7) is 1.64. The van der Waals surface area contributed by atoms with E-state index in [0.717, 1.165) is 13.0 Å². The fraction of sp³-hybridized carbons (Fsp3) is 0.286. The van der Waals surface area contributed by atoms with Crippen LogP contribution < -0.4 is 10.1 Å². The largest absolute Gasteiger partial charge is 0.490 e. The zero-order valence-electron chi connectivity index (χ0n) is 10.6. The molecule has 1 aliphatic heterocycles. The van der Waals surface area contributed by atoms with E-state index >= 15 is 0 Å². The summed E-state index contributed by atoms with van der Waals surface area (Å²) in [5.41, 5.74) is 1.38. The molecular formula is C14H13ClFN3O. The van der Waals surface area contributed by atoms with Crippen molar-refractivity contribution in [3.63, 3.8) is 0 Å². The average Bonchev–Trinajstić information content (AvgIpc) is 2.40. The maximum Gasteiger partial charge on any atom is 0.212 e. The van der Waals surface area contributed by atoms with Gasteiger partial charge in [-0.3, -0.25) is 0 Å².